The third kappa shape index (κ3) is 4.48. The summed E-state index contributed by atoms with van der Waals surface area (Å²) >= 11 is 0. The minimum Gasteiger partial charge on any atom is -0.354 e. The molecule has 0 aliphatic carbocycles. The summed E-state index contributed by atoms with van der Waals surface area (Å²) in [5, 5.41) is 5.70. The average molecular weight is 415 g/mol. The SMILES string of the molecule is CCC1=Cc2ccc(CN3CC=C(c4ccc(C(=O)NC)nc4)CC3)nc2NC1=C=O. The predicted molar refractivity (Wildman–Crippen MR) is 121 cm³/mol. The van der Waals surface area contributed by atoms with Gasteiger partial charge in [0.05, 0.1) is 5.69 Å². The number of carbonyl (C=O) groups excluding carboxylic acids is 2. The van der Waals surface area contributed by atoms with Crippen molar-refractivity contribution in [3.63, 3.8) is 0 Å². The molecule has 0 aromatic carbocycles. The number of fused-ring (bicyclic) bond motifs is 1. The summed E-state index contributed by atoms with van der Waals surface area (Å²) in [4.78, 5) is 34.2. The lowest BCUT2D eigenvalue weighted by Crippen LogP contribution is -2.28. The van der Waals surface area contributed by atoms with Crippen molar-refractivity contribution in [2.75, 3.05) is 25.5 Å². The van der Waals surface area contributed by atoms with Crippen molar-refractivity contribution < 1.29 is 9.59 Å². The van der Waals surface area contributed by atoms with E-state index in [1.165, 1.54) is 5.57 Å². The molecule has 0 atom stereocenters. The molecule has 1 amide bonds. The number of anilines is 1. The fourth-order valence-corrected chi connectivity index (χ4v) is 3.84. The number of hydrogen-bond acceptors (Lipinski definition) is 6. The minimum atomic E-state index is -0.181. The Morgan fingerprint density at radius 1 is 1.29 bits per heavy atom. The molecule has 4 heterocycles. The molecule has 2 aliphatic rings. The van der Waals surface area contributed by atoms with E-state index in [4.69, 9.17) is 4.98 Å². The number of pyridine rings is 2. The van der Waals surface area contributed by atoms with Gasteiger partial charge in [-0.3, -0.25) is 14.7 Å². The number of amides is 1. The summed E-state index contributed by atoms with van der Waals surface area (Å²) in [6, 6.07) is 7.80. The van der Waals surface area contributed by atoms with E-state index in [0.29, 0.717) is 17.2 Å². The number of allylic oxidation sites excluding steroid dienone is 1. The first-order chi connectivity index (χ1) is 15.1. The maximum absolute atomic E-state index is 11.6. The highest BCUT2D eigenvalue weighted by Gasteiger charge is 2.18. The van der Waals surface area contributed by atoms with Crippen LogP contribution >= 0.6 is 0 Å². The number of carbonyl (C=O) groups is 1. The third-order valence-corrected chi connectivity index (χ3v) is 5.63. The molecule has 2 aromatic rings. The molecule has 0 bridgehead atoms. The van der Waals surface area contributed by atoms with Crippen LogP contribution in [0.3, 0.4) is 0 Å². The summed E-state index contributed by atoms with van der Waals surface area (Å²) in [5.74, 6) is 2.51. The molecule has 0 saturated heterocycles. The molecule has 0 radical (unpaired) electrons. The maximum Gasteiger partial charge on any atom is 0.269 e. The summed E-state index contributed by atoms with van der Waals surface area (Å²) in [5.41, 5.74) is 6.08. The lowest BCUT2D eigenvalue weighted by atomic mass is 10.0. The summed E-state index contributed by atoms with van der Waals surface area (Å²) in [6.07, 6.45) is 7.65. The highest BCUT2D eigenvalue weighted by atomic mass is 16.1. The Labute approximate surface area is 181 Å². The zero-order chi connectivity index (χ0) is 21.8. The van der Waals surface area contributed by atoms with Crippen LogP contribution in [0.25, 0.3) is 11.6 Å². The zero-order valence-electron chi connectivity index (χ0n) is 17.7. The second kappa shape index (κ2) is 9.08. The molecule has 2 aromatic heterocycles. The van der Waals surface area contributed by atoms with Crippen LogP contribution in [0.15, 0.2) is 47.8 Å². The van der Waals surface area contributed by atoms with Crippen molar-refractivity contribution in [3.8, 4) is 0 Å². The Bertz CT molecular complexity index is 1110. The standard InChI is InChI=1S/C24H25N5O2/c1-3-16-12-18-4-6-20(27-23(18)28-22(16)15-30)14-29-10-8-17(9-11-29)19-5-7-21(26-13-19)24(31)25-2/h4-8,12-13H,3,9-11,14H2,1-2H3,(H,25,31)(H,27,28). The largest absolute Gasteiger partial charge is 0.354 e. The monoisotopic (exact) mass is 415 g/mol. The Kier molecular flexibility index (Phi) is 6.07. The van der Waals surface area contributed by atoms with E-state index < -0.39 is 0 Å². The van der Waals surface area contributed by atoms with E-state index in [0.717, 1.165) is 54.9 Å². The molecular formula is C24H25N5O2. The molecule has 0 fully saturated rings. The van der Waals surface area contributed by atoms with Gasteiger partial charge in [0.2, 0.25) is 0 Å². The molecule has 0 saturated carbocycles. The second-order valence-corrected chi connectivity index (χ2v) is 7.59. The van der Waals surface area contributed by atoms with E-state index >= 15 is 0 Å². The van der Waals surface area contributed by atoms with Gasteiger partial charge in [-0.25, -0.2) is 9.78 Å². The van der Waals surface area contributed by atoms with Gasteiger partial charge in [0, 0.05) is 38.4 Å². The van der Waals surface area contributed by atoms with Gasteiger partial charge in [-0.2, -0.15) is 0 Å². The van der Waals surface area contributed by atoms with Gasteiger partial charge in [0.1, 0.15) is 17.2 Å². The van der Waals surface area contributed by atoms with Gasteiger partial charge >= 0.3 is 0 Å². The predicted octanol–water partition coefficient (Wildman–Crippen LogP) is 3.06. The number of nitrogens with one attached hydrogen (secondary N) is 2. The van der Waals surface area contributed by atoms with E-state index in [1.54, 1.807) is 19.3 Å². The van der Waals surface area contributed by atoms with Crippen molar-refractivity contribution in [2.24, 2.45) is 0 Å². The van der Waals surface area contributed by atoms with Crippen molar-refractivity contribution in [1.29, 1.82) is 0 Å². The van der Waals surface area contributed by atoms with Gasteiger partial charge in [0.25, 0.3) is 5.91 Å². The van der Waals surface area contributed by atoms with Crippen LogP contribution in [0.2, 0.25) is 0 Å². The maximum atomic E-state index is 11.6. The van der Waals surface area contributed by atoms with Gasteiger partial charge in [-0.05, 0) is 53.8 Å². The molecule has 2 aliphatic heterocycles. The van der Waals surface area contributed by atoms with Crippen molar-refractivity contribution in [3.05, 3.63) is 70.3 Å². The number of nitrogens with zero attached hydrogens (tertiary/aromatic N) is 3. The summed E-state index contributed by atoms with van der Waals surface area (Å²) in [6.45, 7) is 4.48. The minimum absolute atomic E-state index is 0.181. The number of hydrogen-bond donors (Lipinski definition) is 2. The van der Waals surface area contributed by atoms with E-state index in [-0.39, 0.29) is 5.91 Å². The first-order valence-electron chi connectivity index (χ1n) is 10.4. The molecule has 4 rings (SSSR count). The molecule has 0 unspecified atom stereocenters. The molecule has 7 heteroatoms. The van der Waals surface area contributed by atoms with Crippen LogP contribution < -0.4 is 10.6 Å². The van der Waals surface area contributed by atoms with E-state index in [2.05, 4.69) is 26.6 Å². The smallest absolute Gasteiger partial charge is 0.269 e. The van der Waals surface area contributed by atoms with Gasteiger partial charge in [0.15, 0.2) is 5.94 Å². The van der Waals surface area contributed by atoms with Crippen LogP contribution in [0, 0.1) is 0 Å². The quantitative estimate of drug-likeness (QED) is 0.730. The molecule has 0 spiro atoms. The lowest BCUT2D eigenvalue weighted by molar-refractivity contribution is 0.0958. The Morgan fingerprint density at radius 2 is 2.16 bits per heavy atom. The highest BCUT2D eigenvalue weighted by Crippen LogP contribution is 2.29. The molecule has 158 valence electrons. The van der Waals surface area contributed by atoms with Crippen molar-refractivity contribution in [2.45, 2.75) is 26.3 Å². The summed E-state index contributed by atoms with van der Waals surface area (Å²) in [7, 11) is 1.60. The molecule has 7 nitrogen and oxygen atoms in total. The zero-order valence-corrected chi connectivity index (χ0v) is 17.7. The second-order valence-electron chi connectivity index (χ2n) is 7.59. The van der Waals surface area contributed by atoms with Crippen LogP contribution in [-0.4, -0.2) is 46.9 Å². The van der Waals surface area contributed by atoms with Gasteiger partial charge < -0.3 is 10.6 Å². The van der Waals surface area contributed by atoms with Gasteiger partial charge in [-0.15, -0.1) is 0 Å². The summed E-state index contributed by atoms with van der Waals surface area (Å²) < 4.78 is 0. The third-order valence-electron chi connectivity index (χ3n) is 5.63. The fraction of sp³-hybridized carbons (Fsp3) is 0.292. The van der Waals surface area contributed by atoms with Crippen LogP contribution in [0.5, 0.6) is 0 Å². The van der Waals surface area contributed by atoms with Crippen molar-refractivity contribution in [1.82, 2.24) is 20.2 Å². The highest BCUT2D eigenvalue weighted by molar-refractivity contribution is 5.92. The lowest BCUT2D eigenvalue weighted by Gasteiger charge is -2.26. The Balaban J connectivity index is 1.42. The number of aromatic nitrogens is 2. The van der Waals surface area contributed by atoms with E-state index in [1.807, 2.05) is 37.1 Å². The normalized spacial score (nSPS) is 15.9. The van der Waals surface area contributed by atoms with Crippen LogP contribution in [0.4, 0.5) is 5.82 Å². The Hall–Kier alpha value is -3.54. The van der Waals surface area contributed by atoms with Gasteiger partial charge in [-0.1, -0.05) is 19.1 Å². The van der Waals surface area contributed by atoms with Crippen LogP contribution in [-0.2, 0) is 11.3 Å². The first-order valence-corrected chi connectivity index (χ1v) is 10.4. The average Bonchev–Trinajstić information content (AvgIpc) is 2.83. The first kappa shape index (κ1) is 20.7. The molecule has 31 heavy (non-hydrogen) atoms. The topological polar surface area (TPSA) is 87.2 Å². The van der Waals surface area contributed by atoms with Crippen LogP contribution in [0.1, 0.15) is 47.1 Å². The fourth-order valence-electron chi connectivity index (χ4n) is 3.84. The Morgan fingerprint density at radius 3 is 2.81 bits per heavy atom. The number of rotatable bonds is 5. The molecular weight excluding hydrogens is 390 g/mol. The molecule has 2 N–H and O–H groups in total. The van der Waals surface area contributed by atoms with E-state index in [9.17, 15) is 9.59 Å². The van der Waals surface area contributed by atoms with Crippen molar-refractivity contribution >= 4 is 29.3 Å².